The van der Waals surface area contributed by atoms with Crippen molar-refractivity contribution in [3.8, 4) is 5.75 Å². The Kier molecular flexibility index (Phi) is 6.39. The van der Waals surface area contributed by atoms with Crippen molar-refractivity contribution in [2.75, 3.05) is 5.32 Å². The van der Waals surface area contributed by atoms with E-state index in [1.54, 1.807) is 0 Å². The zero-order valence-corrected chi connectivity index (χ0v) is 19.8. The van der Waals surface area contributed by atoms with Crippen LogP contribution in [0.4, 0.5) is 5.69 Å². The van der Waals surface area contributed by atoms with Gasteiger partial charge < -0.3 is 15.4 Å². The van der Waals surface area contributed by atoms with E-state index in [4.69, 9.17) is 4.74 Å². The lowest BCUT2D eigenvalue weighted by atomic mass is 9.76. The lowest BCUT2D eigenvalue weighted by Crippen LogP contribution is -2.33. The molecule has 2 aliphatic rings. The van der Waals surface area contributed by atoms with Crippen molar-refractivity contribution in [2.24, 2.45) is 5.92 Å². The van der Waals surface area contributed by atoms with Crippen LogP contribution in [0.1, 0.15) is 65.7 Å². The molecule has 4 atom stereocenters. The second kappa shape index (κ2) is 9.76. The second-order valence-electron chi connectivity index (χ2n) is 9.40. The van der Waals surface area contributed by atoms with E-state index in [2.05, 4.69) is 78.2 Å². The zero-order valence-electron chi connectivity index (χ0n) is 19.8. The fourth-order valence-corrected chi connectivity index (χ4v) is 4.99. The van der Waals surface area contributed by atoms with Crippen LogP contribution >= 0.6 is 0 Å². The zero-order chi connectivity index (χ0) is 23.5. The summed E-state index contributed by atoms with van der Waals surface area (Å²) >= 11 is 0. The molecule has 4 unspecified atom stereocenters. The molecule has 1 aliphatic carbocycles. The smallest absolute Gasteiger partial charge is 0.251 e. The van der Waals surface area contributed by atoms with Crippen LogP contribution in [0.2, 0.25) is 0 Å². The molecule has 1 aliphatic heterocycles. The normalized spacial score (nSPS) is 21.2. The molecular formula is C30H32N2O2. The minimum Gasteiger partial charge on any atom is -0.489 e. The van der Waals surface area contributed by atoms with E-state index < -0.39 is 0 Å². The average Bonchev–Trinajstić information content (AvgIpc) is 3.38. The predicted octanol–water partition coefficient (Wildman–Crippen LogP) is 6.62. The maximum Gasteiger partial charge on any atom is 0.251 e. The quantitative estimate of drug-likeness (QED) is 0.396. The summed E-state index contributed by atoms with van der Waals surface area (Å²) < 4.78 is 5.98. The lowest BCUT2D eigenvalue weighted by molar-refractivity contribution is 0.0939. The summed E-state index contributed by atoms with van der Waals surface area (Å²) in [5, 5.41) is 6.85. The molecule has 3 aromatic carbocycles. The molecule has 0 spiro atoms. The van der Waals surface area contributed by atoms with Gasteiger partial charge in [0.2, 0.25) is 0 Å². The SMILES string of the molecule is CCC(C)NC(=O)c1ccc2c(c1)C1C=CCC1C(c1ccc(OCc3ccccc3)cc1)N2. The monoisotopic (exact) mass is 452 g/mol. The molecule has 34 heavy (non-hydrogen) atoms. The number of rotatable bonds is 7. The van der Waals surface area contributed by atoms with Crippen molar-refractivity contribution in [2.45, 2.75) is 51.3 Å². The Hall–Kier alpha value is -3.53. The molecule has 0 fully saturated rings. The number of anilines is 1. The molecule has 174 valence electrons. The van der Waals surface area contributed by atoms with Crippen molar-refractivity contribution in [1.82, 2.24) is 5.32 Å². The number of nitrogens with one attached hydrogen (secondary N) is 2. The standard InChI is InChI=1S/C30H32N2O2/c1-3-20(2)31-30(33)23-14-17-28-27(18-23)25-10-7-11-26(25)29(32-28)22-12-15-24(16-13-22)34-19-21-8-5-4-6-9-21/h4-10,12-18,20,25-26,29,32H,3,11,19H2,1-2H3,(H,31,33). The number of carbonyl (C=O) groups is 1. The van der Waals surface area contributed by atoms with Crippen LogP contribution in [0, 0.1) is 5.92 Å². The van der Waals surface area contributed by atoms with E-state index in [0.717, 1.165) is 35.4 Å². The van der Waals surface area contributed by atoms with Crippen LogP contribution in [0.25, 0.3) is 0 Å². The first-order valence-electron chi connectivity index (χ1n) is 12.3. The topological polar surface area (TPSA) is 50.4 Å². The van der Waals surface area contributed by atoms with Gasteiger partial charge in [0.15, 0.2) is 0 Å². The summed E-state index contributed by atoms with van der Waals surface area (Å²) in [6.45, 7) is 4.69. The van der Waals surface area contributed by atoms with Gasteiger partial charge in [-0.3, -0.25) is 4.79 Å². The van der Waals surface area contributed by atoms with E-state index in [-0.39, 0.29) is 18.0 Å². The minimum absolute atomic E-state index is 0.00360. The predicted molar refractivity (Wildman–Crippen MR) is 137 cm³/mol. The molecule has 0 radical (unpaired) electrons. The number of ether oxygens (including phenoxy) is 1. The minimum atomic E-state index is 0.00360. The second-order valence-corrected chi connectivity index (χ2v) is 9.40. The third-order valence-electron chi connectivity index (χ3n) is 7.10. The molecule has 4 heteroatoms. The van der Waals surface area contributed by atoms with Crippen LogP contribution < -0.4 is 15.4 Å². The number of hydrogen-bond acceptors (Lipinski definition) is 3. The first-order chi connectivity index (χ1) is 16.6. The maximum atomic E-state index is 12.7. The Morgan fingerprint density at radius 3 is 2.65 bits per heavy atom. The highest BCUT2D eigenvalue weighted by atomic mass is 16.5. The number of fused-ring (bicyclic) bond motifs is 3. The largest absolute Gasteiger partial charge is 0.489 e. The van der Waals surface area contributed by atoms with Crippen LogP contribution in [-0.2, 0) is 6.61 Å². The number of benzene rings is 3. The highest BCUT2D eigenvalue weighted by molar-refractivity contribution is 5.95. The molecule has 0 bridgehead atoms. The number of allylic oxidation sites excluding steroid dienone is 2. The Balaban J connectivity index is 1.33. The molecular weight excluding hydrogens is 420 g/mol. The number of carbonyl (C=O) groups excluding carboxylic acids is 1. The van der Waals surface area contributed by atoms with E-state index in [9.17, 15) is 4.79 Å². The molecule has 5 rings (SSSR count). The Bertz CT molecular complexity index is 1170. The molecule has 3 aromatic rings. The first-order valence-corrected chi connectivity index (χ1v) is 12.3. The maximum absolute atomic E-state index is 12.7. The van der Waals surface area contributed by atoms with E-state index in [0.29, 0.717) is 18.4 Å². The van der Waals surface area contributed by atoms with Crippen molar-refractivity contribution in [3.05, 3.63) is 107 Å². The van der Waals surface area contributed by atoms with Gasteiger partial charge in [-0.25, -0.2) is 0 Å². The summed E-state index contributed by atoms with van der Waals surface area (Å²) in [5.74, 6) is 1.62. The molecule has 4 nitrogen and oxygen atoms in total. The van der Waals surface area contributed by atoms with Gasteiger partial charge in [0, 0.05) is 23.2 Å². The van der Waals surface area contributed by atoms with E-state index in [1.165, 1.54) is 11.1 Å². The fraction of sp³-hybridized carbons (Fsp3) is 0.300. The third-order valence-corrected chi connectivity index (χ3v) is 7.10. The van der Waals surface area contributed by atoms with Gasteiger partial charge in [0.05, 0.1) is 6.04 Å². The summed E-state index contributed by atoms with van der Waals surface area (Å²) in [7, 11) is 0. The molecule has 2 N–H and O–H groups in total. The summed E-state index contributed by atoms with van der Waals surface area (Å²) in [6, 6.07) is 25.2. The highest BCUT2D eigenvalue weighted by Crippen LogP contribution is 2.50. The average molecular weight is 453 g/mol. The Morgan fingerprint density at radius 1 is 1.09 bits per heavy atom. The van der Waals surface area contributed by atoms with Crippen molar-refractivity contribution in [3.63, 3.8) is 0 Å². The van der Waals surface area contributed by atoms with Crippen molar-refractivity contribution >= 4 is 11.6 Å². The third kappa shape index (κ3) is 4.58. The van der Waals surface area contributed by atoms with Crippen LogP contribution in [0.3, 0.4) is 0 Å². The summed E-state index contributed by atoms with van der Waals surface area (Å²) in [5.41, 5.74) is 5.49. The molecule has 0 saturated carbocycles. The summed E-state index contributed by atoms with van der Waals surface area (Å²) in [6.07, 6.45) is 6.54. The molecule has 1 heterocycles. The van der Waals surface area contributed by atoms with Crippen LogP contribution in [0.15, 0.2) is 84.9 Å². The Labute approximate surface area is 202 Å². The molecule has 0 saturated heterocycles. The molecule has 0 aromatic heterocycles. The number of hydrogen-bond donors (Lipinski definition) is 2. The fourth-order valence-electron chi connectivity index (χ4n) is 4.99. The van der Waals surface area contributed by atoms with Gasteiger partial charge in [0.1, 0.15) is 12.4 Å². The van der Waals surface area contributed by atoms with E-state index in [1.807, 2.05) is 31.2 Å². The highest BCUT2D eigenvalue weighted by Gasteiger charge is 2.38. The van der Waals surface area contributed by atoms with Gasteiger partial charge in [-0.2, -0.15) is 0 Å². The van der Waals surface area contributed by atoms with Crippen molar-refractivity contribution < 1.29 is 9.53 Å². The van der Waals surface area contributed by atoms with Gasteiger partial charge in [-0.15, -0.1) is 0 Å². The van der Waals surface area contributed by atoms with Gasteiger partial charge in [-0.1, -0.05) is 61.5 Å². The van der Waals surface area contributed by atoms with Gasteiger partial charge in [-0.05, 0) is 72.7 Å². The van der Waals surface area contributed by atoms with E-state index >= 15 is 0 Å². The lowest BCUT2D eigenvalue weighted by Gasteiger charge is -2.37. The van der Waals surface area contributed by atoms with Crippen molar-refractivity contribution in [1.29, 1.82) is 0 Å². The number of amides is 1. The first kappa shape index (κ1) is 22.3. The molecule has 1 amide bonds. The Morgan fingerprint density at radius 2 is 1.88 bits per heavy atom. The van der Waals surface area contributed by atoms with Crippen LogP contribution in [0.5, 0.6) is 5.75 Å². The van der Waals surface area contributed by atoms with Crippen LogP contribution in [-0.4, -0.2) is 11.9 Å². The van der Waals surface area contributed by atoms with Gasteiger partial charge in [0.25, 0.3) is 5.91 Å². The van der Waals surface area contributed by atoms with Gasteiger partial charge >= 0.3 is 0 Å². The summed E-state index contributed by atoms with van der Waals surface area (Å²) in [4.78, 5) is 12.7.